The number of rotatable bonds is 6. The van der Waals surface area contributed by atoms with E-state index in [0.29, 0.717) is 47.2 Å². The van der Waals surface area contributed by atoms with E-state index in [9.17, 15) is 10.1 Å². The summed E-state index contributed by atoms with van der Waals surface area (Å²) in [6.07, 6.45) is 1.68. The van der Waals surface area contributed by atoms with Gasteiger partial charge in [-0.15, -0.1) is 0 Å². The Kier molecular flexibility index (Phi) is 6.05. The van der Waals surface area contributed by atoms with Crippen molar-refractivity contribution in [1.29, 1.82) is 5.26 Å². The van der Waals surface area contributed by atoms with E-state index < -0.39 is 5.92 Å². The maximum absolute atomic E-state index is 13.7. The van der Waals surface area contributed by atoms with Gasteiger partial charge in [0.1, 0.15) is 17.4 Å². The Hall–Kier alpha value is -4.25. The molecule has 0 spiro atoms. The highest BCUT2D eigenvalue weighted by Gasteiger charge is 2.35. The van der Waals surface area contributed by atoms with Crippen LogP contribution in [0.3, 0.4) is 0 Å². The largest absolute Gasteiger partial charge is 0.493 e. The minimum Gasteiger partial charge on any atom is -0.493 e. The number of hydrogen-bond acceptors (Lipinski definition) is 7. The summed E-state index contributed by atoms with van der Waals surface area (Å²) in [5.41, 5.74) is 8.45. The number of aromatic nitrogens is 2. The van der Waals surface area contributed by atoms with Gasteiger partial charge in [0, 0.05) is 18.0 Å². The Morgan fingerprint density at radius 1 is 1.24 bits per heavy atom. The summed E-state index contributed by atoms with van der Waals surface area (Å²) in [6.45, 7) is 4.47. The molecule has 3 heterocycles. The Bertz CT molecular complexity index is 1320. The summed E-state index contributed by atoms with van der Waals surface area (Å²) in [5.74, 6) is 0.668. The molecule has 0 amide bonds. The maximum atomic E-state index is 13.7. The molecule has 2 N–H and O–H groups in total. The highest BCUT2D eigenvalue weighted by Crippen LogP contribution is 2.42. The first-order valence-corrected chi connectivity index (χ1v) is 10.5. The van der Waals surface area contributed by atoms with E-state index in [2.05, 4.69) is 11.1 Å². The normalized spacial score (nSPS) is 14.8. The summed E-state index contributed by atoms with van der Waals surface area (Å²) in [5, 5.41) is 9.89. The second-order valence-electron chi connectivity index (χ2n) is 7.54. The third kappa shape index (κ3) is 4.01. The van der Waals surface area contributed by atoms with Gasteiger partial charge >= 0.3 is 0 Å². The van der Waals surface area contributed by atoms with Crippen molar-refractivity contribution in [3.8, 4) is 23.3 Å². The number of nitrogens with zero attached hydrogens (tertiary/aromatic N) is 3. The van der Waals surface area contributed by atoms with Crippen LogP contribution in [0.4, 0.5) is 0 Å². The van der Waals surface area contributed by atoms with E-state index in [1.165, 1.54) is 7.11 Å². The highest BCUT2D eigenvalue weighted by molar-refractivity contribution is 5.57. The fraction of sp³-hybridized carbons (Fsp3) is 0.240. The van der Waals surface area contributed by atoms with Gasteiger partial charge in [0.15, 0.2) is 11.5 Å². The van der Waals surface area contributed by atoms with E-state index in [4.69, 9.17) is 19.9 Å². The van der Waals surface area contributed by atoms with Crippen molar-refractivity contribution in [2.75, 3.05) is 13.7 Å². The lowest BCUT2D eigenvalue weighted by Crippen LogP contribution is -2.33. The van der Waals surface area contributed by atoms with Gasteiger partial charge < -0.3 is 24.5 Å². The van der Waals surface area contributed by atoms with Crippen LogP contribution in [0.2, 0.25) is 0 Å². The number of benzene rings is 1. The zero-order valence-electron chi connectivity index (χ0n) is 18.7. The monoisotopic (exact) mass is 444 g/mol. The average Bonchev–Trinajstić information content (AvgIpc) is 2.82. The molecule has 0 aliphatic carbocycles. The number of fused-ring (bicyclic) bond motifs is 1. The van der Waals surface area contributed by atoms with Crippen LogP contribution in [0.5, 0.6) is 17.2 Å². The van der Waals surface area contributed by atoms with Gasteiger partial charge in [0.2, 0.25) is 5.88 Å². The Balaban J connectivity index is 1.91. The maximum Gasteiger partial charge on any atom is 0.259 e. The topological polar surface area (TPSA) is 112 Å². The first-order valence-electron chi connectivity index (χ1n) is 10.5. The molecular weight excluding hydrogens is 420 g/mol. The zero-order valence-corrected chi connectivity index (χ0v) is 18.7. The number of methoxy groups -OCH3 is 1. The van der Waals surface area contributed by atoms with Gasteiger partial charge in [0.25, 0.3) is 5.56 Å². The van der Waals surface area contributed by atoms with E-state index in [-0.39, 0.29) is 17.0 Å². The summed E-state index contributed by atoms with van der Waals surface area (Å²) < 4.78 is 18.4. The molecule has 1 aliphatic heterocycles. The average molecular weight is 444 g/mol. The number of ether oxygens (including phenoxy) is 3. The van der Waals surface area contributed by atoms with Crippen LogP contribution in [0, 0.1) is 18.3 Å². The number of nitriles is 1. The SMILES string of the molecule is CCOc1ccc(C2C(C#N)=C(N)Oc3cc(C)n(Cc4ccccn4)c(=O)c32)cc1OC. The predicted molar refractivity (Wildman–Crippen MR) is 122 cm³/mol. The fourth-order valence-electron chi connectivity index (χ4n) is 4.01. The van der Waals surface area contributed by atoms with E-state index in [1.54, 1.807) is 35.0 Å². The summed E-state index contributed by atoms with van der Waals surface area (Å²) in [6, 6.07) is 14.8. The first kappa shape index (κ1) is 22.0. The quantitative estimate of drug-likeness (QED) is 0.621. The van der Waals surface area contributed by atoms with Gasteiger partial charge in [-0.3, -0.25) is 9.78 Å². The summed E-state index contributed by atoms with van der Waals surface area (Å²) in [4.78, 5) is 18.1. The highest BCUT2D eigenvalue weighted by atomic mass is 16.5. The smallest absolute Gasteiger partial charge is 0.259 e. The molecule has 1 aromatic carbocycles. The lowest BCUT2D eigenvalue weighted by atomic mass is 9.84. The zero-order chi connectivity index (χ0) is 23.5. The van der Waals surface area contributed by atoms with E-state index >= 15 is 0 Å². The number of allylic oxidation sites excluding steroid dienone is 1. The molecule has 2 aromatic heterocycles. The summed E-state index contributed by atoms with van der Waals surface area (Å²) >= 11 is 0. The van der Waals surface area contributed by atoms with Crippen molar-refractivity contribution in [1.82, 2.24) is 9.55 Å². The van der Waals surface area contributed by atoms with Crippen molar-refractivity contribution < 1.29 is 14.2 Å². The molecule has 33 heavy (non-hydrogen) atoms. The van der Waals surface area contributed by atoms with Crippen molar-refractivity contribution >= 4 is 0 Å². The van der Waals surface area contributed by atoms with Crippen LogP contribution in [0.1, 0.15) is 35.4 Å². The Labute approximate surface area is 191 Å². The third-order valence-corrected chi connectivity index (χ3v) is 5.56. The molecule has 0 saturated heterocycles. The molecule has 0 radical (unpaired) electrons. The van der Waals surface area contributed by atoms with Crippen molar-refractivity contribution in [3.63, 3.8) is 0 Å². The molecule has 8 heteroatoms. The number of nitrogens with two attached hydrogens (primary N) is 1. The van der Waals surface area contributed by atoms with Crippen LogP contribution < -0.4 is 25.5 Å². The van der Waals surface area contributed by atoms with Gasteiger partial charge in [0.05, 0.1) is 37.4 Å². The van der Waals surface area contributed by atoms with E-state index in [1.807, 2.05) is 32.0 Å². The molecule has 3 aromatic rings. The van der Waals surface area contributed by atoms with Gasteiger partial charge in [-0.05, 0) is 43.7 Å². The Morgan fingerprint density at radius 2 is 2.06 bits per heavy atom. The van der Waals surface area contributed by atoms with Crippen LogP contribution in [0.25, 0.3) is 0 Å². The molecular formula is C25H24N4O4. The molecule has 8 nitrogen and oxygen atoms in total. The molecule has 1 aliphatic rings. The molecule has 0 fully saturated rings. The molecule has 0 saturated carbocycles. The van der Waals surface area contributed by atoms with Crippen LogP contribution in [-0.4, -0.2) is 23.3 Å². The molecule has 4 rings (SSSR count). The molecule has 168 valence electrons. The first-order chi connectivity index (χ1) is 16.0. The second kappa shape index (κ2) is 9.09. The van der Waals surface area contributed by atoms with Crippen molar-refractivity contribution in [2.45, 2.75) is 26.3 Å². The van der Waals surface area contributed by atoms with Crippen molar-refractivity contribution in [3.05, 3.63) is 93.0 Å². The van der Waals surface area contributed by atoms with Crippen LogP contribution in [-0.2, 0) is 6.54 Å². The van der Waals surface area contributed by atoms with Gasteiger partial charge in [-0.25, -0.2) is 0 Å². The van der Waals surface area contributed by atoms with Gasteiger partial charge in [-0.2, -0.15) is 5.26 Å². The number of hydrogen-bond donors (Lipinski definition) is 1. The third-order valence-electron chi connectivity index (χ3n) is 5.56. The minimum absolute atomic E-state index is 0.0240. The fourth-order valence-corrected chi connectivity index (χ4v) is 4.01. The summed E-state index contributed by atoms with van der Waals surface area (Å²) in [7, 11) is 1.54. The molecule has 1 unspecified atom stereocenters. The van der Waals surface area contributed by atoms with E-state index in [0.717, 1.165) is 5.69 Å². The van der Waals surface area contributed by atoms with Crippen LogP contribution in [0.15, 0.2) is 64.9 Å². The predicted octanol–water partition coefficient (Wildman–Crippen LogP) is 3.23. The minimum atomic E-state index is -0.716. The second-order valence-corrected chi connectivity index (χ2v) is 7.54. The lowest BCUT2D eigenvalue weighted by molar-refractivity contribution is 0.310. The van der Waals surface area contributed by atoms with Crippen LogP contribution >= 0.6 is 0 Å². The number of pyridine rings is 2. The van der Waals surface area contributed by atoms with Gasteiger partial charge in [-0.1, -0.05) is 12.1 Å². The molecule has 1 atom stereocenters. The molecule has 0 bridgehead atoms. The Morgan fingerprint density at radius 3 is 2.73 bits per heavy atom. The number of aryl methyl sites for hydroxylation is 1. The lowest BCUT2D eigenvalue weighted by Gasteiger charge is -2.27. The van der Waals surface area contributed by atoms with Crippen molar-refractivity contribution in [2.24, 2.45) is 5.73 Å². The standard InChI is InChI=1S/C25H24N4O4/c1-4-32-19-9-8-16(12-20(19)31-3)22-18(13-26)24(27)33-21-11-15(2)29(25(30)23(21)22)14-17-7-5-6-10-28-17/h5-12,22H,4,14,27H2,1-3H3.